The number of nitrogens with one attached hydrogen (secondary N) is 1. The molecule has 1 N–H and O–H groups in total. The van der Waals surface area contributed by atoms with Gasteiger partial charge in [0.25, 0.3) is 16.1 Å². The van der Waals surface area contributed by atoms with Gasteiger partial charge in [0, 0.05) is 32.4 Å². The Morgan fingerprint density at radius 1 is 1.19 bits per heavy atom. The maximum Gasteiger partial charge on any atom is 0.282 e. The number of carbonyl (C=O) groups is 1. The van der Waals surface area contributed by atoms with Crippen LogP contribution in [0.1, 0.15) is 46.3 Å². The summed E-state index contributed by atoms with van der Waals surface area (Å²) in [5, 5.41) is 2.90. The molecule has 4 rings (SSSR count). The van der Waals surface area contributed by atoms with E-state index < -0.39 is 16.3 Å². The molecule has 2 saturated heterocycles. The zero-order valence-electron chi connectivity index (χ0n) is 17.5. The van der Waals surface area contributed by atoms with Crippen LogP contribution in [0.2, 0.25) is 0 Å². The zero-order valence-corrected chi connectivity index (χ0v) is 18.3. The normalized spacial score (nSPS) is 20.6. The number of morpholine rings is 1. The number of ether oxygens (including phenoxy) is 1. The first-order valence-electron chi connectivity index (χ1n) is 10.5. The molecule has 0 spiro atoms. The van der Waals surface area contributed by atoms with Gasteiger partial charge in [0.2, 0.25) is 0 Å². The average molecular weight is 446 g/mol. The van der Waals surface area contributed by atoms with E-state index in [0.29, 0.717) is 69.3 Å². The molecular formula is C21H27N5O4S. The highest BCUT2D eigenvalue weighted by molar-refractivity contribution is 7.86. The van der Waals surface area contributed by atoms with Gasteiger partial charge in [-0.2, -0.15) is 17.0 Å². The number of amides is 1. The van der Waals surface area contributed by atoms with Gasteiger partial charge in [-0.25, -0.2) is 9.97 Å². The molecule has 9 nitrogen and oxygen atoms in total. The molecular weight excluding hydrogens is 418 g/mol. The van der Waals surface area contributed by atoms with Gasteiger partial charge in [0.1, 0.15) is 5.82 Å². The molecule has 0 bridgehead atoms. The largest absolute Gasteiger partial charge is 0.379 e. The van der Waals surface area contributed by atoms with Crippen molar-refractivity contribution in [3.63, 3.8) is 0 Å². The molecule has 10 heteroatoms. The molecule has 3 heterocycles. The van der Waals surface area contributed by atoms with Gasteiger partial charge in [-0.15, -0.1) is 0 Å². The van der Waals surface area contributed by atoms with E-state index in [1.165, 1.54) is 14.8 Å². The van der Waals surface area contributed by atoms with Gasteiger partial charge in [-0.1, -0.05) is 30.3 Å². The number of nitrogens with zero attached hydrogens (tertiary/aromatic N) is 4. The fourth-order valence-electron chi connectivity index (χ4n) is 4.01. The van der Waals surface area contributed by atoms with Crippen molar-refractivity contribution < 1.29 is 17.9 Å². The number of hydrogen-bond acceptors (Lipinski definition) is 6. The van der Waals surface area contributed by atoms with Gasteiger partial charge < -0.3 is 10.1 Å². The second-order valence-electron chi connectivity index (χ2n) is 7.67. The van der Waals surface area contributed by atoms with E-state index in [1.807, 2.05) is 30.3 Å². The third-order valence-electron chi connectivity index (χ3n) is 5.59. The van der Waals surface area contributed by atoms with Crippen molar-refractivity contribution in [2.24, 2.45) is 0 Å². The molecule has 31 heavy (non-hydrogen) atoms. The lowest BCUT2D eigenvalue weighted by Gasteiger charge is -2.33. The first-order chi connectivity index (χ1) is 15.0. The molecule has 1 amide bonds. The van der Waals surface area contributed by atoms with Crippen molar-refractivity contribution in [1.29, 1.82) is 0 Å². The number of aryl methyl sites for hydroxylation is 1. The third kappa shape index (κ3) is 4.77. The first-order valence-corrected chi connectivity index (χ1v) is 11.9. The second kappa shape index (κ2) is 9.39. The van der Waals surface area contributed by atoms with E-state index in [-0.39, 0.29) is 5.91 Å². The predicted octanol–water partition coefficient (Wildman–Crippen LogP) is 1.43. The van der Waals surface area contributed by atoms with E-state index in [0.717, 1.165) is 5.56 Å². The quantitative estimate of drug-likeness (QED) is 0.721. The van der Waals surface area contributed by atoms with E-state index in [1.54, 1.807) is 6.92 Å². The third-order valence-corrected chi connectivity index (χ3v) is 7.64. The highest BCUT2D eigenvalue weighted by Gasteiger charge is 2.41. The molecule has 2 aliphatic heterocycles. The summed E-state index contributed by atoms with van der Waals surface area (Å²) in [4.78, 5) is 21.7. The minimum Gasteiger partial charge on any atom is -0.379 e. The van der Waals surface area contributed by atoms with Gasteiger partial charge in [-0.3, -0.25) is 4.79 Å². The molecule has 1 atom stereocenters. The van der Waals surface area contributed by atoms with E-state index >= 15 is 0 Å². The van der Waals surface area contributed by atoms with Crippen molar-refractivity contribution in [1.82, 2.24) is 23.9 Å². The topological polar surface area (TPSA) is 105 Å². The van der Waals surface area contributed by atoms with Crippen molar-refractivity contribution in [3.05, 3.63) is 59.2 Å². The van der Waals surface area contributed by atoms with Crippen LogP contribution in [-0.4, -0.2) is 65.8 Å². The minimum atomic E-state index is -3.68. The van der Waals surface area contributed by atoms with Crippen LogP contribution >= 0.6 is 0 Å². The van der Waals surface area contributed by atoms with E-state index in [2.05, 4.69) is 15.3 Å². The Balaban J connectivity index is 1.59. The lowest BCUT2D eigenvalue weighted by molar-refractivity contribution is 0.0698. The van der Waals surface area contributed by atoms with Crippen LogP contribution in [0.15, 0.2) is 36.5 Å². The number of aromatic nitrogens is 2. The van der Waals surface area contributed by atoms with Crippen molar-refractivity contribution >= 4 is 16.1 Å². The molecule has 166 valence electrons. The summed E-state index contributed by atoms with van der Waals surface area (Å²) in [5.74, 6) is 0.194. The Morgan fingerprint density at radius 2 is 1.94 bits per heavy atom. The summed E-state index contributed by atoms with van der Waals surface area (Å²) < 4.78 is 34.8. The SMILES string of the molecule is Cc1ncc(C(=O)NCc2ccccc2)c(C2CCCN2S(=O)(=O)N2CCOCC2)n1. The van der Waals surface area contributed by atoms with Gasteiger partial charge in [-0.05, 0) is 25.3 Å². The van der Waals surface area contributed by atoms with Crippen LogP contribution in [0.3, 0.4) is 0 Å². The number of benzene rings is 1. The van der Waals surface area contributed by atoms with Gasteiger partial charge in [0.15, 0.2) is 0 Å². The maximum atomic E-state index is 13.3. The number of rotatable bonds is 6. The molecule has 1 aromatic heterocycles. The highest BCUT2D eigenvalue weighted by atomic mass is 32.2. The van der Waals surface area contributed by atoms with E-state index in [4.69, 9.17) is 4.74 Å². The van der Waals surface area contributed by atoms with E-state index in [9.17, 15) is 13.2 Å². The first kappa shape index (κ1) is 21.8. The smallest absolute Gasteiger partial charge is 0.282 e. The summed E-state index contributed by atoms with van der Waals surface area (Å²) in [6, 6.07) is 9.11. The van der Waals surface area contributed by atoms with Crippen LogP contribution < -0.4 is 5.32 Å². The molecule has 0 aliphatic carbocycles. The molecule has 0 radical (unpaired) electrons. The highest BCUT2D eigenvalue weighted by Crippen LogP contribution is 2.36. The summed E-state index contributed by atoms with van der Waals surface area (Å²) in [6.45, 7) is 3.95. The Labute approximate surface area is 182 Å². The molecule has 2 fully saturated rings. The maximum absolute atomic E-state index is 13.3. The monoisotopic (exact) mass is 445 g/mol. The van der Waals surface area contributed by atoms with Crippen LogP contribution in [0.5, 0.6) is 0 Å². The molecule has 2 aromatic rings. The summed E-state index contributed by atoms with van der Waals surface area (Å²) in [7, 11) is -3.68. The molecule has 1 aromatic carbocycles. The van der Waals surface area contributed by atoms with Gasteiger partial charge >= 0.3 is 0 Å². The van der Waals surface area contributed by atoms with Crippen LogP contribution in [0.4, 0.5) is 0 Å². The summed E-state index contributed by atoms with van der Waals surface area (Å²) in [5.41, 5.74) is 1.76. The lowest BCUT2D eigenvalue weighted by atomic mass is 10.1. The van der Waals surface area contributed by atoms with Gasteiger partial charge in [0.05, 0.1) is 30.5 Å². The Morgan fingerprint density at radius 3 is 2.68 bits per heavy atom. The Kier molecular flexibility index (Phi) is 6.61. The van der Waals surface area contributed by atoms with Crippen molar-refractivity contribution in [3.8, 4) is 0 Å². The standard InChI is InChI=1S/C21H27N5O4S/c1-16-22-15-18(21(27)23-14-17-6-3-2-4-7-17)20(24-16)19-8-5-9-26(19)31(28,29)25-10-12-30-13-11-25/h2-4,6-7,15,19H,5,8-14H2,1H3,(H,23,27). The van der Waals surface area contributed by atoms with Crippen LogP contribution in [0, 0.1) is 6.92 Å². The zero-order chi connectivity index (χ0) is 21.8. The number of hydrogen-bond donors (Lipinski definition) is 1. The van der Waals surface area contributed by atoms with Crippen LogP contribution in [0.25, 0.3) is 0 Å². The molecule has 0 saturated carbocycles. The van der Waals surface area contributed by atoms with Crippen LogP contribution in [-0.2, 0) is 21.5 Å². The van der Waals surface area contributed by atoms with Crippen molar-refractivity contribution in [2.45, 2.75) is 32.4 Å². The Bertz CT molecular complexity index is 1030. The second-order valence-corrected chi connectivity index (χ2v) is 9.55. The summed E-state index contributed by atoms with van der Waals surface area (Å²) >= 11 is 0. The fraction of sp³-hybridized carbons (Fsp3) is 0.476. The van der Waals surface area contributed by atoms with Crippen molar-refractivity contribution in [2.75, 3.05) is 32.8 Å². The lowest BCUT2D eigenvalue weighted by Crippen LogP contribution is -2.48. The number of carbonyl (C=O) groups excluding carboxylic acids is 1. The molecule has 2 aliphatic rings. The average Bonchev–Trinajstić information content (AvgIpc) is 3.29. The Hall–Kier alpha value is -2.40. The fourth-order valence-corrected chi connectivity index (χ4v) is 5.80. The predicted molar refractivity (Wildman–Crippen MR) is 114 cm³/mol. The minimum absolute atomic E-state index is 0.311. The molecule has 1 unspecified atom stereocenters. The summed E-state index contributed by atoms with van der Waals surface area (Å²) in [6.07, 6.45) is 2.82.